The first-order valence-corrected chi connectivity index (χ1v) is 18.3. The molecule has 0 amide bonds. The Bertz CT molecular complexity index is 1700. The first kappa shape index (κ1) is 34.9. The molecule has 10 nitrogen and oxygen atoms in total. The Labute approximate surface area is 275 Å². The summed E-state index contributed by atoms with van der Waals surface area (Å²) in [5.41, 5.74) is 1.31. The molecule has 2 aliphatic rings. The van der Waals surface area contributed by atoms with Crippen molar-refractivity contribution in [1.29, 1.82) is 0 Å². The van der Waals surface area contributed by atoms with Crippen molar-refractivity contribution in [2.75, 3.05) is 55.0 Å². The van der Waals surface area contributed by atoms with E-state index in [2.05, 4.69) is 27.2 Å². The number of rotatable bonds is 14. The van der Waals surface area contributed by atoms with Gasteiger partial charge in [-0.2, -0.15) is 0 Å². The van der Waals surface area contributed by atoms with Crippen molar-refractivity contribution in [3.8, 4) is 0 Å². The van der Waals surface area contributed by atoms with Crippen LogP contribution in [0, 0.1) is 5.92 Å². The summed E-state index contributed by atoms with van der Waals surface area (Å²) in [5.74, 6) is -3.24. The van der Waals surface area contributed by atoms with Gasteiger partial charge >= 0.3 is 0 Å². The first-order chi connectivity index (χ1) is 22.5. The van der Waals surface area contributed by atoms with Gasteiger partial charge in [0.15, 0.2) is 9.84 Å². The fraction of sp³-hybridized carbons (Fsp3) is 0.559. The topological polar surface area (TPSA) is 118 Å². The lowest BCUT2D eigenvalue weighted by Crippen LogP contribution is -2.43. The van der Waals surface area contributed by atoms with Gasteiger partial charge in [-0.05, 0) is 63.4 Å². The molecule has 1 unspecified atom stereocenters. The predicted octanol–water partition coefficient (Wildman–Crippen LogP) is 5.05. The average molecular weight is 673 g/mol. The zero-order chi connectivity index (χ0) is 33.6. The standard InChI is InChI=1S/C34H46F2N6O4S/c1-4-28(46-3)11-6-5-7-16-42-32-29(22-30(33(42)43)41-17-19-47(44,45)20-18-41)31(38-23-39-32)40-24(2)25-9-8-10-27(21-25)34(35,36)26-12-14-37-15-13-26/h4,8-10,21-24,26,28,37H,1,5-7,11-20H2,2-3H3,(H,38,39,40)/t24-,28?/m1/s1. The normalized spacial score (nSPS) is 18.6. The molecule has 256 valence electrons. The monoisotopic (exact) mass is 672 g/mol. The highest BCUT2D eigenvalue weighted by Gasteiger charge is 2.41. The lowest BCUT2D eigenvalue weighted by molar-refractivity contribution is -0.0754. The number of fused-ring (bicyclic) bond motifs is 1. The van der Waals surface area contributed by atoms with E-state index < -0.39 is 21.7 Å². The zero-order valence-electron chi connectivity index (χ0n) is 27.3. The second kappa shape index (κ2) is 15.2. The maximum absolute atomic E-state index is 15.5. The van der Waals surface area contributed by atoms with Gasteiger partial charge in [-0.3, -0.25) is 9.36 Å². The third kappa shape index (κ3) is 8.18. The molecule has 3 aromatic rings. The fourth-order valence-electron chi connectivity index (χ4n) is 6.52. The van der Waals surface area contributed by atoms with E-state index in [0.717, 1.165) is 25.7 Å². The van der Waals surface area contributed by atoms with E-state index in [1.54, 1.807) is 36.0 Å². The number of hydrogen-bond donors (Lipinski definition) is 2. The highest BCUT2D eigenvalue weighted by atomic mass is 32.2. The van der Waals surface area contributed by atoms with Gasteiger partial charge in [-0.15, -0.1) is 6.58 Å². The van der Waals surface area contributed by atoms with Crippen molar-refractivity contribution in [3.63, 3.8) is 0 Å². The van der Waals surface area contributed by atoms with Crippen molar-refractivity contribution in [2.24, 2.45) is 5.92 Å². The van der Waals surface area contributed by atoms with Crippen LogP contribution in [0.1, 0.15) is 62.6 Å². The van der Waals surface area contributed by atoms with Crippen LogP contribution in [-0.2, 0) is 27.0 Å². The number of piperidine rings is 1. The number of aromatic nitrogens is 3. The van der Waals surface area contributed by atoms with Crippen LogP contribution in [0.2, 0.25) is 0 Å². The predicted molar refractivity (Wildman–Crippen MR) is 182 cm³/mol. The van der Waals surface area contributed by atoms with Crippen LogP contribution in [0.4, 0.5) is 20.3 Å². The molecule has 0 radical (unpaired) electrons. The van der Waals surface area contributed by atoms with Crippen LogP contribution in [0.3, 0.4) is 0 Å². The number of anilines is 2. The van der Waals surface area contributed by atoms with Gasteiger partial charge in [-0.25, -0.2) is 27.2 Å². The van der Waals surface area contributed by atoms with Crippen molar-refractivity contribution in [2.45, 2.75) is 70.1 Å². The molecule has 1 aromatic carbocycles. The Morgan fingerprint density at radius 1 is 1.15 bits per heavy atom. The molecule has 2 aliphatic heterocycles. The molecule has 0 aliphatic carbocycles. The van der Waals surface area contributed by atoms with E-state index in [0.29, 0.717) is 60.6 Å². The van der Waals surface area contributed by atoms with Crippen LogP contribution in [-0.4, -0.2) is 73.9 Å². The van der Waals surface area contributed by atoms with E-state index in [-0.39, 0.29) is 47.9 Å². The summed E-state index contributed by atoms with van der Waals surface area (Å²) < 4.78 is 62.4. The van der Waals surface area contributed by atoms with Crippen molar-refractivity contribution in [3.05, 3.63) is 70.8 Å². The summed E-state index contributed by atoms with van der Waals surface area (Å²) >= 11 is 0. The molecule has 2 N–H and O–H groups in total. The molecule has 2 atom stereocenters. The van der Waals surface area contributed by atoms with Crippen LogP contribution in [0.15, 0.2) is 54.1 Å². The Morgan fingerprint density at radius 2 is 1.89 bits per heavy atom. The minimum atomic E-state index is -3.16. The van der Waals surface area contributed by atoms with E-state index in [1.165, 1.54) is 12.4 Å². The number of hydrogen-bond acceptors (Lipinski definition) is 9. The highest BCUT2D eigenvalue weighted by molar-refractivity contribution is 7.91. The molecule has 47 heavy (non-hydrogen) atoms. The van der Waals surface area contributed by atoms with Crippen LogP contribution in [0.5, 0.6) is 0 Å². The number of pyridine rings is 1. The number of ether oxygens (including phenoxy) is 1. The van der Waals surface area contributed by atoms with E-state index in [9.17, 15) is 13.2 Å². The minimum absolute atomic E-state index is 0.00387. The van der Waals surface area contributed by atoms with Gasteiger partial charge in [0.1, 0.15) is 23.5 Å². The fourth-order valence-corrected chi connectivity index (χ4v) is 7.72. The Kier molecular flexibility index (Phi) is 11.3. The summed E-state index contributed by atoms with van der Waals surface area (Å²) in [7, 11) is -1.50. The first-order valence-electron chi connectivity index (χ1n) is 16.5. The quantitative estimate of drug-likeness (QED) is 0.179. The number of alkyl halides is 2. The number of benzene rings is 1. The molecular formula is C34H46F2N6O4S. The Morgan fingerprint density at radius 3 is 2.60 bits per heavy atom. The number of nitrogens with one attached hydrogen (secondary N) is 2. The van der Waals surface area contributed by atoms with Crippen LogP contribution >= 0.6 is 0 Å². The summed E-state index contributed by atoms with van der Waals surface area (Å²) in [6.07, 6.45) is 7.32. The molecule has 0 spiro atoms. The van der Waals surface area contributed by atoms with Gasteiger partial charge in [0.05, 0.1) is 23.0 Å². The van der Waals surface area contributed by atoms with Gasteiger partial charge in [0.2, 0.25) is 0 Å². The lowest BCUT2D eigenvalue weighted by Gasteiger charge is -2.31. The number of nitrogens with zero attached hydrogens (tertiary/aromatic N) is 4. The molecule has 2 aromatic heterocycles. The smallest absolute Gasteiger partial charge is 0.276 e. The summed E-state index contributed by atoms with van der Waals surface area (Å²) in [5, 5.41) is 7.15. The van der Waals surface area contributed by atoms with E-state index >= 15 is 8.78 Å². The third-order valence-corrected chi connectivity index (χ3v) is 11.1. The Balaban J connectivity index is 1.44. The largest absolute Gasteiger partial charge is 0.377 e. The van der Waals surface area contributed by atoms with Gasteiger partial charge in [0, 0.05) is 44.3 Å². The average Bonchev–Trinajstić information content (AvgIpc) is 3.08. The summed E-state index contributed by atoms with van der Waals surface area (Å²) in [6, 6.07) is 7.89. The van der Waals surface area contributed by atoms with Gasteiger partial charge < -0.3 is 20.3 Å². The van der Waals surface area contributed by atoms with Crippen LogP contribution < -0.4 is 21.1 Å². The molecule has 2 fully saturated rings. The maximum atomic E-state index is 15.5. The summed E-state index contributed by atoms with van der Waals surface area (Å²) in [6.45, 7) is 7.71. The second-order valence-corrected chi connectivity index (χ2v) is 14.9. The molecule has 0 bridgehead atoms. The number of sulfone groups is 1. The second-order valence-electron chi connectivity index (χ2n) is 12.6. The number of aryl methyl sites for hydroxylation is 1. The zero-order valence-corrected chi connectivity index (χ0v) is 28.1. The number of halogens is 2. The van der Waals surface area contributed by atoms with Crippen molar-refractivity contribution < 1.29 is 21.9 Å². The van der Waals surface area contributed by atoms with Gasteiger partial charge in [0.25, 0.3) is 11.5 Å². The molecule has 13 heteroatoms. The van der Waals surface area contributed by atoms with Crippen molar-refractivity contribution in [1.82, 2.24) is 19.9 Å². The molecule has 2 saturated heterocycles. The maximum Gasteiger partial charge on any atom is 0.276 e. The van der Waals surface area contributed by atoms with Crippen molar-refractivity contribution >= 4 is 32.4 Å². The molecule has 5 rings (SSSR count). The highest BCUT2D eigenvalue weighted by Crippen LogP contribution is 2.41. The van der Waals surface area contributed by atoms with Crippen LogP contribution in [0.25, 0.3) is 11.0 Å². The summed E-state index contributed by atoms with van der Waals surface area (Å²) in [4.78, 5) is 24.7. The molecule has 4 heterocycles. The van der Waals surface area contributed by atoms with Gasteiger partial charge in [-0.1, -0.05) is 37.1 Å². The SMILES string of the molecule is C=CC(CCCCCn1c(=O)c(N2CCS(=O)(=O)CC2)cc2c(N[C@H](C)c3cccc(C(F)(F)C4CCNCC4)c3)ncnc21)OC. The number of methoxy groups -OCH3 is 1. The molecule has 0 saturated carbocycles. The number of unbranched alkanes of at least 4 members (excludes halogenated alkanes) is 2. The van der Waals surface area contributed by atoms with E-state index in [4.69, 9.17) is 4.74 Å². The Hall–Kier alpha value is -3.42. The molecular weight excluding hydrogens is 626 g/mol. The third-order valence-electron chi connectivity index (χ3n) is 9.46. The minimum Gasteiger partial charge on any atom is -0.377 e. The lowest BCUT2D eigenvalue weighted by atomic mass is 9.86. The van der Waals surface area contributed by atoms with E-state index in [1.807, 2.05) is 17.9 Å².